The van der Waals surface area contributed by atoms with E-state index in [4.69, 9.17) is 0 Å². The minimum absolute atomic E-state index is 0.297. The molecule has 0 saturated heterocycles. The van der Waals surface area contributed by atoms with Crippen LogP contribution in [0.2, 0.25) is 0 Å². The lowest BCUT2D eigenvalue weighted by Crippen LogP contribution is -2.03. The SMILES string of the molecule is CNCC=Cc1ccc(-c2ccc(O)cc2)cc1. The van der Waals surface area contributed by atoms with E-state index < -0.39 is 0 Å². The number of aromatic hydroxyl groups is 1. The average molecular weight is 239 g/mol. The number of nitrogens with one attached hydrogen (secondary N) is 1. The number of hydrogen-bond donors (Lipinski definition) is 2. The molecule has 2 heteroatoms. The lowest BCUT2D eigenvalue weighted by Gasteiger charge is -2.02. The zero-order valence-electron chi connectivity index (χ0n) is 10.4. The monoisotopic (exact) mass is 239 g/mol. The van der Waals surface area contributed by atoms with Gasteiger partial charge in [0, 0.05) is 6.54 Å². The Morgan fingerprint density at radius 3 is 2.06 bits per heavy atom. The molecule has 2 aromatic rings. The van der Waals surface area contributed by atoms with Crippen molar-refractivity contribution < 1.29 is 5.11 Å². The summed E-state index contributed by atoms with van der Waals surface area (Å²) in [5, 5.41) is 12.3. The molecule has 0 aliphatic heterocycles. The van der Waals surface area contributed by atoms with Gasteiger partial charge < -0.3 is 10.4 Å². The van der Waals surface area contributed by atoms with E-state index in [1.807, 2.05) is 19.2 Å². The Hall–Kier alpha value is -2.06. The molecule has 0 heterocycles. The van der Waals surface area contributed by atoms with Gasteiger partial charge in [-0.05, 0) is 35.9 Å². The van der Waals surface area contributed by atoms with Crippen molar-refractivity contribution in [2.45, 2.75) is 0 Å². The largest absolute Gasteiger partial charge is 0.508 e. The van der Waals surface area contributed by atoms with E-state index in [9.17, 15) is 5.11 Å². The minimum atomic E-state index is 0.297. The third-order valence-corrected chi connectivity index (χ3v) is 2.74. The van der Waals surface area contributed by atoms with Gasteiger partial charge in [0.25, 0.3) is 0 Å². The molecule has 0 saturated carbocycles. The number of benzene rings is 2. The standard InChI is InChI=1S/C16H17NO/c1-17-12-2-3-13-4-6-14(7-5-13)15-8-10-16(18)11-9-15/h2-11,17-18H,12H2,1H3. The third-order valence-electron chi connectivity index (χ3n) is 2.74. The zero-order valence-corrected chi connectivity index (χ0v) is 10.4. The zero-order chi connectivity index (χ0) is 12.8. The summed E-state index contributed by atoms with van der Waals surface area (Å²) in [6.07, 6.45) is 4.19. The molecular formula is C16H17NO. The second kappa shape index (κ2) is 6.03. The van der Waals surface area contributed by atoms with E-state index in [0.717, 1.165) is 17.7 Å². The van der Waals surface area contributed by atoms with Crippen molar-refractivity contribution in [3.63, 3.8) is 0 Å². The molecule has 2 N–H and O–H groups in total. The first-order chi connectivity index (χ1) is 8.79. The van der Waals surface area contributed by atoms with Crippen LogP contribution < -0.4 is 5.32 Å². The van der Waals surface area contributed by atoms with Gasteiger partial charge in [-0.25, -0.2) is 0 Å². The van der Waals surface area contributed by atoms with E-state index in [0.29, 0.717) is 5.75 Å². The highest BCUT2D eigenvalue weighted by Crippen LogP contribution is 2.22. The Morgan fingerprint density at radius 1 is 0.944 bits per heavy atom. The second-order valence-electron chi connectivity index (χ2n) is 4.13. The minimum Gasteiger partial charge on any atom is -0.508 e. The van der Waals surface area contributed by atoms with Crippen LogP contribution in [0.15, 0.2) is 54.6 Å². The quantitative estimate of drug-likeness (QED) is 0.858. The first kappa shape index (κ1) is 12.4. The van der Waals surface area contributed by atoms with Crippen LogP contribution in [0, 0.1) is 0 Å². The third kappa shape index (κ3) is 3.22. The molecule has 0 fully saturated rings. The highest BCUT2D eigenvalue weighted by molar-refractivity contribution is 5.66. The molecule has 0 radical (unpaired) electrons. The molecule has 0 aromatic heterocycles. The van der Waals surface area contributed by atoms with Crippen LogP contribution in [0.5, 0.6) is 5.75 Å². The van der Waals surface area contributed by atoms with Crippen LogP contribution in [-0.2, 0) is 0 Å². The lowest BCUT2D eigenvalue weighted by molar-refractivity contribution is 0.475. The first-order valence-corrected chi connectivity index (χ1v) is 6.00. The molecule has 0 aliphatic carbocycles. The smallest absolute Gasteiger partial charge is 0.115 e. The Bertz CT molecular complexity index is 512. The summed E-state index contributed by atoms with van der Waals surface area (Å²) < 4.78 is 0. The van der Waals surface area contributed by atoms with Gasteiger partial charge in [0.1, 0.15) is 5.75 Å². The van der Waals surface area contributed by atoms with Gasteiger partial charge in [0.05, 0.1) is 0 Å². The molecule has 18 heavy (non-hydrogen) atoms. The Balaban J connectivity index is 2.14. The van der Waals surface area contributed by atoms with E-state index >= 15 is 0 Å². The summed E-state index contributed by atoms with van der Waals surface area (Å²) in [4.78, 5) is 0. The maximum atomic E-state index is 9.25. The fourth-order valence-electron chi connectivity index (χ4n) is 1.75. The topological polar surface area (TPSA) is 32.3 Å². The maximum Gasteiger partial charge on any atom is 0.115 e. The molecule has 2 aromatic carbocycles. The Morgan fingerprint density at radius 2 is 1.50 bits per heavy atom. The van der Waals surface area contributed by atoms with Gasteiger partial charge in [0.2, 0.25) is 0 Å². The van der Waals surface area contributed by atoms with Gasteiger partial charge in [-0.1, -0.05) is 48.6 Å². The fraction of sp³-hybridized carbons (Fsp3) is 0.125. The van der Waals surface area contributed by atoms with Crippen molar-refractivity contribution in [3.05, 3.63) is 60.2 Å². The van der Waals surface area contributed by atoms with Crippen LogP contribution in [-0.4, -0.2) is 18.7 Å². The van der Waals surface area contributed by atoms with Crippen molar-refractivity contribution in [2.75, 3.05) is 13.6 Å². The van der Waals surface area contributed by atoms with Crippen LogP contribution in [0.25, 0.3) is 17.2 Å². The predicted octanol–water partition coefficient (Wildman–Crippen LogP) is 3.29. The molecule has 92 valence electrons. The molecule has 0 bridgehead atoms. The van der Waals surface area contributed by atoms with Gasteiger partial charge in [0.15, 0.2) is 0 Å². The van der Waals surface area contributed by atoms with Crippen LogP contribution >= 0.6 is 0 Å². The lowest BCUT2D eigenvalue weighted by atomic mass is 10.0. The van der Waals surface area contributed by atoms with E-state index in [1.165, 1.54) is 5.56 Å². The van der Waals surface area contributed by atoms with Crippen molar-refractivity contribution in [2.24, 2.45) is 0 Å². The summed E-state index contributed by atoms with van der Waals surface area (Å²) in [5.74, 6) is 0.297. The van der Waals surface area contributed by atoms with Crippen molar-refractivity contribution in [3.8, 4) is 16.9 Å². The van der Waals surface area contributed by atoms with Crippen LogP contribution in [0.4, 0.5) is 0 Å². The van der Waals surface area contributed by atoms with Crippen molar-refractivity contribution in [1.82, 2.24) is 5.32 Å². The summed E-state index contributed by atoms with van der Waals surface area (Å²) in [6, 6.07) is 15.6. The summed E-state index contributed by atoms with van der Waals surface area (Å²) >= 11 is 0. The van der Waals surface area contributed by atoms with Crippen LogP contribution in [0.1, 0.15) is 5.56 Å². The fourth-order valence-corrected chi connectivity index (χ4v) is 1.75. The number of phenols is 1. The van der Waals surface area contributed by atoms with E-state index in [2.05, 4.69) is 41.7 Å². The van der Waals surface area contributed by atoms with Gasteiger partial charge in [-0.2, -0.15) is 0 Å². The number of phenolic OH excluding ortho intramolecular Hbond substituents is 1. The van der Waals surface area contributed by atoms with Gasteiger partial charge in [-0.15, -0.1) is 0 Å². The molecule has 0 spiro atoms. The summed E-state index contributed by atoms with van der Waals surface area (Å²) in [7, 11) is 1.93. The molecule has 0 aliphatic rings. The first-order valence-electron chi connectivity index (χ1n) is 6.00. The number of likely N-dealkylation sites (N-methyl/N-ethyl adjacent to an activating group) is 1. The number of hydrogen-bond acceptors (Lipinski definition) is 2. The molecule has 2 rings (SSSR count). The number of rotatable bonds is 4. The molecule has 0 unspecified atom stereocenters. The molecule has 0 atom stereocenters. The van der Waals surface area contributed by atoms with Gasteiger partial charge >= 0.3 is 0 Å². The average Bonchev–Trinajstić information content (AvgIpc) is 2.41. The Labute approximate surface area is 108 Å². The molecular weight excluding hydrogens is 222 g/mol. The maximum absolute atomic E-state index is 9.25. The second-order valence-corrected chi connectivity index (χ2v) is 4.13. The highest BCUT2D eigenvalue weighted by atomic mass is 16.3. The van der Waals surface area contributed by atoms with E-state index in [1.54, 1.807) is 12.1 Å². The van der Waals surface area contributed by atoms with Crippen molar-refractivity contribution in [1.29, 1.82) is 0 Å². The van der Waals surface area contributed by atoms with Crippen molar-refractivity contribution >= 4 is 6.08 Å². The summed E-state index contributed by atoms with van der Waals surface area (Å²) in [5.41, 5.74) is 3.45. The predicted molar refractivity (Wildman–Crippen MR) is 76.5 cm³/mol. The van der Waals surface area contributed by atoms with E-state index in [-0.39, 0.29) is 0 Å². The normalized spacial score (nSPS) is 10.9. The van der Waals surface area contributed by atoms with Crippen LogP contribution in [0.3, 0.4) is 0 Å². The molecule has 2 nitrogen and oxygen atoms in total. The summed E-state index contributed by atoms with van der Waals surface area (Å²) in [6.45, 7) is 0.875. The highest BCUT2D eigenvalue weighted by Gasteiger charge is 1.97. The van der Waals surface area contributed by atoms with Gasteiger partial charge in [-0.3, -0.25) is 0 Å². The Kier molecular flexibility index (Phi) is 4.15. The molecule has 0 amide bonds.